The van der Waals surface area contributed by atoms with Gasteiger partial charge in [0.2, 0.25) is 5.91 Å². The standard InChI is InChI=1S/C20H24N6O/c21-19(27)14-6-9-26(10-7-14)20-17(5-2-8-23-20)12-22-11-15-3-1-4-16-13-24-25-18(15)16/h1-5,8,13-14,22H,6-7,9-12H2,(H2,21,27)(H,24,25). The third kappa shape index (κ3) is 3.78. The Morgan fingerprint density at radius 1 is 1.19 bits per heavy atom. The number of anilines is 1. The lowest BCUT2D eigenvalue weighted by Gasteiger charge is -2.32. The normalized spacial score (nSPS) is 15.3. The summed E-state index contributed by atoms with van der Waals surface area (Å²) in [5, 5.41) is 11.8. The van der Waals surface area contributed by atoms with E-state index in [4.69, 9.17) is 5.73 Å². The molecule has 0 saturated carbocycles. The molecule has 1 amide bonds. The monoisotopic (exact) mass is 364 g/mol. The van der Waals surface area contributed by atoms with E-state index in [0.717, 1.165) is 61.3 Å². The van der Waals surface area contributed by atoms with Gasteiger partial charge in [0.25, 0.3) is 0 Å². The largest absolute Gasteiger partial charge is 0.369 e. The van der Waals surface area contributed by atoms with Gasteiger partial charge >= 0.3 is 0 Å². The highest BCUT2D eigenvalue weighted by Crippen LogP contribution is 2.24. The average molecular weight is 364 g/mol. The second-order valence-corrected chi connectivity index (χ2v) is 7.00. The van der Waals surface area contributed by atoms with E-state index in [1.807, 2.05) is 24.5 Å². The van der Waals surface area contributed by atoms with Crippen molar-refractivity contribution in [3.05, 3.63) is 53.9 Å². The van der Waals surface area contributed by atoms with Gasteiger partial charge < -0.3 is 16.0 Å². The first-order chi connectivity index (χ1) is 13.2. The number of aromatic amines is 1. The first kappa shape index (κ1) is 17.5. The predicted octanol–water partition coefficient (Wildman–Crippen LogP) is 1.95. The number of fused-ring (bicyclic) bond motifs is 1. The van der Waals surface area contributed by atoms with Gasteiger partial charge in [-0.25, -0.2) is 4.98 Å². The first-order valence-electron chi connectivity index (χ1n) is 9.32. The van der Waals surface area contributed by atoms with E-state index in [1.165, 1.54) is 5.56 Å². The minimum Gasteiger partial charge on any atom is -0.369 e. The van der Waals surface area contributed by atoms with E-state index in [-0.39, 0.29) is 11.8 Å². The highest BCUT2D eigenvalue weighted by molar-refractivity contribution is 5.81. The van der Waals surface area contributed by atoms with Crippen molar-refractivity contribution >= 4 is 22.6 Å². The van der Waals surface area contributed by atoms with Crippen LogP contribution in [0, 0.1) is 5.92 Å². The summed E-state index contributed by atoms with van der Waals surface area (Å²) in [7, 11) is 0. The summed E-state index contributed by atoms with van der Waals surface area (Å²) in [6.07, 6.45) is 5.25. The molecule has 4 rings (SSSR count). The molecule has 2 aromatic heterocycles. The molecule has 0 aliphatic carbocycles. The lowest BCUT2D eigenvalue weighted by molar-refractivity contribution is -0.122. The van der Waals surface area contributed by atoms with Crippen LogP contribution in [0.4, 0.5) is 5.82 Å². The van der Waals surface area contributed by atoms with Crippen LogP contribution in [-0.4, -0.2) is 34.2 Å². The molecule has 3 heterocycles. The van der Waals surface area contributed by atoms with E-state index >= 15 is 0 Å². The summed E-state index contributed by atoms with van der Waals surface area (Å²) in [4.78, 5) is 18.2. The third-order valence-electron chi connectivity index (χ3n) is 5.26. The molecule has 0 radical (unpaired) electrons. The number of hydrogen-bond acceptors (Lipinski definition) is 5. The van der Waals surface area contributed by atoms with E-state index < -0.39 is 0 Å². The zero-order valence-electron chi connectivity index (χ0n) is 15.2. The molecule has 3 aromatic rings. The molecule has 1 aliphatic rings. The van der Waals surface area contributed by atoms with E-state index in [1.54, 1.807) is 0 Å². The van der Waals surface area contributed by atoms with Gasteiger partial charge in [0.15, 0.2) is 0 Å². The molecule has 0 bridgehead atoms. The number of hydrogen-bond donors (Lipinski definition) is 3. The minimum absolute atomic E-state index is 0.0126. The van der Waals surface area contributed by atoms with Crippen LogP contribution in [0.25, 0.3) is 10.9 Å². The number of nitrogens with two attached hydrogens (primary N) is 1. The van der Waals surface area contributed by atoms with Crippen LogP contribution in [0.5, 0.6) is 0 Å². The first-order valence-corrected chi connectivity index (χ1v) is 9.32. The molecule has 1 saturated heterocycles. The van der Waals surface area contributed by atoms with Gasteiger partial charge in [-0.3, -0.25) is 9.89 Å². The van der Waals surface area contributed by atoms with Crippen molar-refractivity contribution in [3.8, 4) is 0 Å². The van der Waals surface area contributed by atoms with E-state index in [9.17, 15) is 4.79 Å². The van der Waals surface area contributed by atoms with Crippen LogP contribution < -0.4 is 16.0 Å². The molecule has 0 spiro atoms. The van der Waals surface area contributed by atoms with Crippen molar-refractivity contribution in [2.75, 3.05) is 18.0 Å². The van der Waals surface area contributed by atoms with Crippen molar-refractivity contribution in [1.29, 1.82) is 0 Å². The van der Waals surface area contributed by atoms with Gasteiger partial charge in [-0.1, -0.05) is 24.3 Å². The number of H-pyrrole nitrogens is 1. The Balaban J connectivity index is 1.41. The lowest BCUT2D eigenvalue weighted by Crippen LogP contribution is -2.39. The fourth-order valence-corrected chi connectivity index (χ4v) is 3.74. The van der Waals surface area contributed by atoms with Crippen molar-refractivity contribution in [2.45, 2.75) is 25.9 Å². The number of nitrogens with one attached hydrogen (secondary N) is 2. The maximum atomic E-state index is 11.4. The number of rotatable bonds is 6. The summed E-state index contributed by atoms with van der Waals surface area (Å²) in [6, 6.07) is 10.3. The van der Waals surface area contributed by atoms with Gasteiger partial charge in [-0.05, 0) is 24.5 Å². The Labute approximate surface area is 158 Å². The SMILES string of the molecule is NC(=O)C1CCN(c2ncccc2CNCc2cccc3cn[nH]c23)CC1. The van der Waals surface area contributed by atoms with Gasteiger partial charge in [0, 0.05) is 49.2 Å². The summed E-state index contributed by atoms with van der Waals surface area (Å²) < 4.78 is 0. The van der Waals surface area contributed by atoms with Gasteiger partial charge in [0.05, 0.1) is 11.7 Å². The average Bonchev–Trinajstić information content (AvgIpc) is 3.18. The van der Waals surface area contributed by atoms with Crippen molar-refractivity contribution in [2.24, 2.45) is 11.7 Å². The zero-order valence-corrected chi connectivity index (χ0v) is 15.2. The number of carbonyl (C=O) groups excluding carboxylic acids is 1. The van der Waals surface area contributed by atoms with Crippen LogP contribution >= 0.6 is 0 Å². The quantitative estimate of drug-likeness (QED) is 0.621. The Bertz CT molecular complexity index is 929. The molecule has 0 atom stereocenters. The fourth-order valence-electron chi connectivity index (χ4n) is 3.74. The minimum atomic E-state index is -0.189. The van der Waals surface area contributed by atoms with Crippen LogP contribution in [0.2, 0.25) is 0 Å². The van der Waals surface area contributed by atoms with Crippen LogP contribution in [0.3, 0.4) is 0 Å². The molecule has 1 aromatic carbocycles. The topological polar surface area (TPSA) is 99.9 Å². The smallest absolute Gasteiger partial charge is 0.220 e. The van der Waals surface area contributed by atoms with Crippen LogP contribution in [-0.2, 0) is 17.9 Å². The molecule has 140 valence electrons. The van der Waals surface area contributed by atoms with E-state index in [2.05, 4.69) is 43.6 Å². The number of amides is 1. The Morgan fingerprint density at radius 3 is 2.78 bits per heavy atom. The molecule has 1 aliphatic heterocycles. The molecule has 4 N–H and O–H groups in total. The molecule has 1 fully saturated rings. The number of benzene rings is 1. The molecule has 7 heteroatoms. The van der Waals surface area contributed by atoms with Gasteiger partial charge in [-0.2, -0.15) is 5.10 Å². The van der Waals surface area contributed by atoms with E-state index in [0.29, 0.717) is 0 Å². The van der Waals surface area contributed by atoms with Gasteiger partial charge in [0.1, 0.15) is 5.82 Å². The molecular formula is C20H24N6O. The maximum absolute atomic E-state index is 11.4. The van der Waals surface area contributed by atoms with Gasteiger partial charge in [-0.15, -0.1) is 0 Å². The summed E-state index contributed by atoms with van der Waals surface area (Å²) in [5.74, 6) is 0.791. The molecule has 7 nitrogen and oxygen atoms in total. The fraction of sp³-hybridized carbons (Fsp3) is 0.350. The second kappa shape index (κ2) is 7.75. The highest BCUT2D eigenvalue weighted by atomic mass is 16.1. The number of para-hydroxylation sites is 1. The second-order valence-electron chi connectivity index (χ2n) is 7.00. The molecular weight excluding hydrogens is 340 g/mol. The Morgan fingerprint density at radius 2 is 1.96 bits per heavy atom. The van der Waals surface area contributed by atoms with Crippen molar-refractivity contribution in [3.63, 3.8) is 0 Å². The Kier molecular flexibility index (Phi) is 5.02. The maximum Gasteiger partial charge on any atom is 0.220 e. The summed E-state index contributed by atoms with van der Waals surface area (Å²) in [5.41, 5.74) is 8.87. The number of aromatic nitrogens is 3. The van der Waals surface area contributed by atoms with Crippen LogP contribution in [0.1, 0.15) is 24.0 Å². The number of nitrogens with zero attached hydrogens (tertiary/aromatic N) is 3. The number of primary amides is 1. The van der Waals surface area contributed by atoms with Crippen molar-refractivity contribution < 1.29 is 4.79 Å². The molecule has 27 heavy (non-hydrogen) atoms. The van der Waals surface area contributed by atoms with Crippen LogP contribution in [0.15, 0.2) is 42.7 Å². The zero-order chi connectivity index (χ0) is 18.6. The summed E-state index contributed by atoms with van der Waals surface area (Å²) >= 11 is 0. The lowest BCUT2D eigenvalue weighted by atomic mass is 9.96. The van der Waals surface area contributed by atoms with Crippen molar-refractivity contribution in [1.82, 2.24) is 20.5 Å². The number of pyridine rings is 1. The Hall–Kier alpha value is -2.93. The summed E-state index contributed by atoms with van der Waals surface area (Å²) in [6.45, 7) is 3.09. The predicted molar refractivity (Wildman–Crippen MR) is 105 cm³/mol. The molecule has 0 unspecified atom stereocenters. The third-order valence-corrected chi connectivity index (χ3v) is 5.26. The number of carbonyl (C=O) groups is 1. The number of piperidine rings is 1. The highest BCUT2D eigenvalue weighted by Gasteiger charge is 2.24.